The molecule has 0 bridgehead atoms. The molecule has 1 unspecified atom stereocenters. The van der Waals surface area contributed by atoms with Gasteiger partial charge < -0.3 is 14.6 Å². The Balaban J connectivity index is 0.000000934. The van der Waals surface area contributed by atoms with Crippen LogP contribution in [0.5, 0.6) is 11.6 Å². The van der Waals surface area contributed by atoms with Crippen molar-refractivity contribution in [1.29, 1.82) is 0 Å². The first-order valence-electron chi connectivity index (χ1n) is 16.0. The Morgan fingerprint density at radius 2 is 1.81 bits per heavy atom. The average Bonchev–Trinajstić information content (AvgIpc) is 3.90. The number of nitrogens with zero attached hydrogens (tertiary/aromatic N) is 2. The van der Waals surface area contributed by atoms with E-state index in [1.54, 1.807) is 20.2 Å². The largest absolute Gasteiger partial charge is 0.485 e. The van der Waals surface area contributed by atoms with E-state index in [1.165, 1.54) is 36.0 Å². The number of pyridine rings is 1. The number of fused-ring (bicyclic) bond motifs is 1. The minimum absolute atomic E-state index is 0.0295. The molecule has 2 aliphatic rings. The highest BCUT2D eigenvalue weighted by atomic mass is 16.5. The van der Waals surface area contributed by atoms with Crippen LogP contribution in [0.3, 0.4) is 0 Å². The number of benzene rings is 2. The summed E-state index contributed by atoms with van der Waals surface area (Å²) < 4.78 is 11.9. The predicted octanol–water partition coefficient (Wildman–Crippen LogP) is 8.90. The van der Waals surface area contributed by atoms with Crippen LogP contribution in [-0.2, 0) is 24.2 Å². The minimum Gasteiger partial charge on any atom is -0.485 e. The summed E-state index contributed by atoms with van der Waals surface area (Å²) in [5, 5.41) is 9.32. The molecular formula is C37H52N2O4. The lowest BCUT2D eigenvalue weighted by molar-refractivity contribution is -0.141. The van der Waals surface area contributed by atoms with Gasteiger partial charge in [0, 0.05) is 24.3 Å². The van der Waals surface area contributed by atoms with Gasteiger partial charge in [0.05, 0.1) is 13.0 Å². The molecule has 1 saturated carbocycles. The highest BCUT2D eigenvalue weighted by Crippen LogP contribution is 2.38. The zero-order valence-corrected chi connectivity index (χ0v) is 27.6. The molecule has 234 valence electrons. The van der Waals surface area contributed by atoms with Crippen LogP contribution in [-0.4, -0.2) is 40.2 Å². The fourth-order valence-electron chi connectivity index (χ4n) is 5.16. The molecular weight excluding hydrogens is 536 g/mol. The van der Waals surface area contributed by atoms with Crippen LogP contribution in [0.15, 0.2) is 54.7 Å². The fraction of sp³-hybridized carbons (Fsp3) is 0.514. The summed E-state index contributed by atoms with van der Waals surface area (Å²) in [5.41, 5.74) is 6.84. The number of carbonyl (C=O) groups is 1. The minimum atomic E-state index is -0.780. The number of ether oxygens (including phenoxy) is 2. The number of carboxylic acid groups (broad SMARTS) is 1. The maximum Gasteiger partial charge on any atom is 0.306 e. The Morgan fingerprint density at radius 1 is 1.09 bits per heavy atom. The second-order valence-corrected chi connectivity index (χ2v) is 12.3. The van der Waals surface area contributed by atoms with Gasteiger partial charge >= 0.3 is 5.97 Å². The molecule has 2 heterocycles. The Hall–Kier alpha value is -3.38. The third kappa shape index (κ3) is 9.82. The molecule has 1 aliphatic heterocycles. The highest BCUT2D eigenvalue weighted by molar-refractivity contribution is 5.70. The van der Waals surface area contributed by atoms with Crippen LogP contribution in [0, 0.1) is 5.92 Å². The van der Waals surface area contributed by atoms with Gasteiger partial charge in [0.1, 0.15) is 11.9 Å². The van der Waals surface area contributed by atoms with Crippen molar-refractivity contribution in [3.8, 4) is 22.8 Å². The van der Waals surface area contributed by atoms with Crippen molar-refractivity contribution in [2.75, 3.05) is 13.7 Å². The second kappa shape index (κ2) is 15.9. The van der Waals surface area contributed by atoms with Crippen LogP contribution in [0.1, 0.15) is 103 Å². The Morgan fingerprint density at radius 3 is 2.42 bits per heavy atom. The second-order valence-electron chi connectivity index (χ2n) is 12.3. The van der Waals surface area contributed by atoms with Crippen LogP contribution >= 0.6 is 0 Å². The third-order valence-electron chi connectivity index (χ3n) is 7.84. The Kier molecular flexibility index (Phi) is 12.6. The summed E-state index contributed by atoms with van der Waals surface area (Å²) in [4.78, 5) is 18.1. The molecule has 2 atom stereocenters. The van der Waals surface area contributed by atoms with Gasteiger partial charge in [-0.05, 0) is 92.1 Å². The average molecular weight is 589 g/mol. The predicted molar refractivity (Wildman–Crippen MR) is 176 cm³/mol. The molecule has 1 N–H and O–H groups in total. The van der Waals surface area contributed by atoms with E-state index in [-0.39, 0.29) is 11.6 Å². The molecule has 1 aliphatic carbocycles. The van der Waals surface area contributed by atoms with Crippen LogP contribution in [0.4, 0.5) is 0 Å². The summed E-state index contributed by atoms with van der Waals surface area (Å²) >= 11 is 0. The van der Waals surface area contributed by atoms with E-state index < -0.39 is 11.9 Å². The van der Waals surface area contributed by atoms with Crippen molar-refractivity contribution in [2.24, 2.45) is 5.92 Å². The van der Waals surface area contributed by atoms with E-state index in [0.717, 1.165) is 48.4 Å². The van der Waals surface area contributed by atoms with Crippen molar-refractivity contribution in [3.05, 3.63) is 77.0 Å². The molecule has 6 nitrogen and oxygen atoms in total. The normalized spacial score (nSPS) is 16.0. The molecule has 0 spiro atoms. The molecule has 0 amide bonds. The number of aliphatic carboxylic acids is 1. The van der Waals surface area contributed by atoms with Crippen molar-refractivity contribution >= 4 is 5.97 Å². The van der Waals surface area contributed by atoms with Crippen molar-refractivity contribution in [2.45, 2.75) is 105 Å². The SMILES string of the molecule is C1CC1.CC.CCN(Cc1cc([C@@H]2CCc3ccc(CC(C)C(=O)O)cc3O2)ccc1-c1ccnc(OC)c1)C(C)(C)C. The van der Waals surface area contributed by atoms with Crippen LogP contribution in [0.2, 0.25) is 0 Å². The van der Waals surface area contributed by atoms with E-state index in [1.807, 2.05) is 38.1 Å². The molecule has 5 rings (SSSR count). The number of hydrogen-bond donors (Lipinski definition) is 1. The smallest absolute Gasteiger partial charge is 0.306 e. The number of aromatic nitrogens is 1. The highest BCUT2D eigenvalue weighted by Gasteiger charge is 2.25. The first kappa shape index (κ1) is 34.1. The fourth-order valence-corrected chi connectivity index (χ4v) is 5.16. The third-order valence-corrected chi connectivity index (χ3v) is 7.84. The van der Waals surface area contributed by atoms with Gasteiger partial charge in [0.25, 0.3) is 0 Å². The molecule has 1 aromatic heterocycles. The van der Waals surface area contributed by atoms with Gasteiger partial charge in [-0.25, -0.2) is 4.98 Å². The summed E-state index contributed by atoms with van der Waals surface area (Å²) in [7, 11) is 1.64. The number of carboxylic acids is 1. The summed E-state index contributed by atoms with van der Waals surface area (Å²) in [6.45, 7) is 16.4. The maximum atomic E-state index is 11.3. The zero-order chi connectivity index (χ0) is 31.6. The lowest BCUT2D eigenvalue weighted by Crippen LogP contribution is -2.40. The summed E-state index contributed by atoms with van der Waals surface area (Å²) in [6.07, 6.45) is 8.55. The van der Waals surface area contributed by atoms with E-state index >= 15 is 0 Å². The van der Waals surface area contributed by atoms with E-state index in [2.05, 4.69) is 61.8 Å². The van der Waals surface area contributed by atoms with Gasteiger partial charge in [-0.15, -0.1) is 0 Å². The molecule has 3 aromatic rings. The lowest BCUT2D eigenvalue weighted by Gasteiger charge is -2.35. The quantitative estimate of drug-likeness (QED) is 0.269. The Labute approximate surface area is 259 Å². The van der Waals surface area contributed by atoms with Crippen molar-refractivity contribution < 1.29 is 19.4 Å². The number of aryl methyl sites for hydroxylation is 1. The topological polar surface area (TPSA) is 71.9 Å². The molecule has 6 heteroatoms. The monoisotopic (exact) mass is 588 g/mol. The van der Waals surface area contributed by atoms with E-state index in [0.29, 0.717) is 12.3 Å². The van der Waals surface area contributed by atoms with Gasteiger partial charge in [0.15, 0.2) is 0 Å². The van der Waals surface area contributed by atoms with Gasteiger partial charge in [-0.3, -0.25) is 9.69 Å². The first-order chi connectivity index (χ1) is 20.6. The van der Waals surface area contributed by atoms with Crippen LogP contribution in [0.25, 0.3) is 11.1 Å². The first-order valence-corrected chi connectivity index (χ1v) is 16.0. The lowest BCUT2D eigenvalue weighted by atomic mass is 9.91. The van der Waals surface area contributed by atoms with E-state index in [9.17, 15) is 9.90 Å². The zero-order valence-electron chi connectivity index (χ0n) is 27.6. The molecule has 43 heavy (non-hydrogen) atoms. The maximum absolute atomic E-state index is 11.3. The van der Waals surface area contributed by atoms with Gasteiger partial charge in [0.2, 0.25) is 5.88 Å². The summed E-state index contributed by atoms with van der Waals surface area (Å²) in [5.74, 6) is 0.252. The number of hydrogen-bond acceptors (Lipinski definition) is 5. The van der Waals surface area contributed by atoms with Crippen molar-refractivity contribution in [3.63, 3.8) is 0 Å². The molecule has 0 radical (unpaired) electrons. The van der Waals surface area contributed by atoms with Gasteiger partial charge in [-0.1, -0.05) is 77.3 Å². The number of methoxy groups -OCH3 is 1. The van der Waals surface area contributed by atoms with Crippen molar-refractivity contribution in [1.82, 2.24) is 9.88 Å². The standard InChI is InChI=1S/C32H40N2O4.C3H6.C2H6/c1-7-34(32(3,4)5)20-26-18-25(10-12-27(26)24-14-15-33-30(19-24)37-6)28-13-11-23-9-8-22(17-29(23)38-28)16-21(2)31(35)36;1-2-3-1;1-2/h8-10,12,14-15,17-19,21,28H,7,11,13,16,20H2,1-6H3,(H,35,36);1-3H2;1-2H3/t21?,28-;;/m0../s1. The van der Waals surface area contributed by atoms with E-state index in [4.69, 9.17) is 9.47 Å². The Bertz CT molecular complexity index is 1330. The number of rotatable bonds is 9. The van der Waals surface area contributed by atoms with Gasteiger partial charge in [-0.2, -0.15) is 0 Å². The molecule has 1 fully saturated rings. The molecule has 2 aromatic carbocycles. The molecule has 0 saturated heterocycles. The summed E-state index contributed by atoms with van der Waals surface area (Å²) in [6, 6.07) is 16.8. The van der Waals surface area contributed by atoms with Crippen LogP contribution < -0.4 is 9.47 Å².